The van der Waals surface area contributed by atoms with E-state index in [1.54, 1.807) is 0 Å². The second-order valence-corrected chi connectivity index (χ2v) is 4.78. The van der Waals surface area contributed by atoms with E-state index >= 15 is 0 Å². The van der Waals surface area contributed by atoms with Gasteiger partial charge in [-0.25, -0.2) is 0 Å². The van der Waals surface area contributed by atoms with Gasteiger partial charge < -0.3 is 10.4 Å². The molecule has 0 aliphatic carbocycles. The van der Waals surface area contributed by atoms with Gasteiger partial charge in [0.05, 0.1) is 5.92 Å². The summed E-state index contributed by atoms with van der Waals surface area (Å²) < 4.78 is 0. The molecule has 0 aromatic heterocycles. The highest BCUT2D eigenvalue weighted by molar-refractivity contribution is 5.87. The van der Waals surface area contributed by atoms with E-state index in [9.17, 15) is 9.90 Å². The Balaban J connectivity index is 2.11. The van der Waals surface area contributed by atoms with Gasteiger partial charge in [0, 0.05) is 19.0 Å². The molecule has 2 atom stereocenters. The largest absolute Gasteiger partial charge is 0.481 e. The van der Waals surface area contributed by atoms with Crippen molar-refractivity contribution in [3.8, 4) is 0 Å². The van der Waals surface area contributed by atoms with Gasteiger partial charge in [-0.05, 0) is 16.3 Å². The van der Waals surface area contributed by atoms with Gasteiger partial charge in [0.2, 0.25) is 0 Å². The Morgan fingerprint density at radius 2 is 1.89 bits per heavy atom. The normalized spacial score (nSPS) is 23.3. The fourth-order valence-electron chi connectivity index (χ4n) is 2.84. The number of aliphatic carboxylic acids is 1. The third kappa shape index (κ3) is 1.77. The lowest BCUT2D eigenvalue weighted by molar-refractivity contribution is -0.141. The number of carboxylic acid groups (broad SMARTS) is 1. The van der Waals surface area contributed by atoms with E-state index in [4.69, 9.17) is 0 Å². The molecule has 1 heterocycles. The molecule has 1 fully saturated rings. The van der Waals surface area contributed by atoms with E-state index in [1.165, 1.54) is 10.8 Å². The molecule has 2 aromatic carbocycles. The topological polar surface area (TPSA) is 49.3 Å². The van der Waals surface area contributed by atoms with Gasteiger partial charge in [0.1, 0.15) is 0 Å². The van der Waals surface area contributed by atoms with E-state index in [0.29, 0.717) is 6.54 Å². The average molecular weight is 241 g/mol. The Labute approximate surface area is 105 Å². The number of hydrogen-bond acceptors (Lipinski definition) is 2. The van der Waals surface area contributed by atoms with Crippen molar-refractivity contribution in [2.24, 2.45) is 5.92 Å². The molecule has 1 aliphatic heterocycles. The van der Waals surface area contributed by atoms with Crippen LogP contribution in [0.5, 0.6) is 0 Å². The minimum Gasteiger partial charge on any atom is -0.481 e. The molecule has 0 spiro atoms. The lowest BCUT2D eigenvalue weighted by atomic mass is 9.86. The van der Waals surface area contributed by atoms with Gasteiger partial charge in [0.15, 0.2) is 0 Å². The van der Waals surface area contributed by atoms with Crippen LogP contribution in [0.3, 0.4) is 0 Å². The van der Waals surface area contributed by atoms with Crippen molar-refractivity contribution in [2.45, 2.75) is 5.92 Å². The Hall–Kier alpha value is -1.87. The van der Waals surface area contributed by atoms with E-state index < -0.39 is 5.97 Å². The summed E-state index contributed by atoms with van der Waals surface area (Å²) in [5, 5.41) is 14.8. The third-order valence-corrected chi connectivity index (χ3v) is 3.75. The maximum absolute atomic E-state index is 11.3. The molecule has 2 N–H and O–H groups in total. The zero-order valence-electron chi connectivity index (χ0n) is 9.97. The molecule has 0 bridgehead atoms. The summed E-state index contributed by atoms with van der Waals surface area (Å²) in [7, 11) is 0. The van der Waals surface area contributed by atoms with Crippen molar-refractivity contribution in [1.82, 2.24) is 5.32 Å². The summed E-state index contributed by atoms with van der Waals surface area (Å²) >= 11 is 0. The monoisotopic (exact) mass is 241 g/mol. The van der Waals surface area contributed by atoms with Crippen molar-refractivity contribution in [2.75, 3.05) is 13.1 Å². The molecule has 2 aromatic rings. The summed E-state index contributed by atoms with van der Waals surface area (Å²) in [6, 6.07) is 14.3. The second-order valence-electron chi connectivity index (χ2n) is 4.78. The van der Waals surface area contributed by atoms with Crippen molar-refractivity contribution in [3.63, 3.8) is 0 Å². The molecule has 0 amide bonds. The molecule has 18 heavy (non-hydrogen) atoms. The predicted molar refractivity (Wildman–Crippen MR) is 70.7 cm³/mol. The van der Waals surface area contributed by atoms with Crippen molar-refractivity contribution in [3.05, 3.63) is 48.0 Å². The number of carboxylic acids is 1. The third-order valence-electron chi connectivity index (χ3n) is 3.75. The Bertz CT molecular complexity index is 589. The summed E-state index contributed by atoms with van der Waals surface area (Å²) in [4.78, 5) is 11.3. The van der Waals surface area contributed by atoms with Gasteiger partial charge in [-0.15, -0.1) is 0 Å². The zero-order valence-corrected chi connectivity index (χ0v) is 9.97. The SMILES string of the molecule is O=C(O)C1CNCC1c1cccc2ccccc12. The van der Waals surface area contributed by atoms with Crippen LogP contribution in [0, 0.1) is 5.92 Å². The molecule has 2 unspecified atom stereocenters. The minimum absolute atomic E-state index is 0.0635. The molecule has 0 radical (unpaired) electrons. The first-order valence-electron chi connectivity index (χ1n) is 6.18. The summed E-state index contributed by atoms with van der Waals surface area (Å²) in [6.07, 6.45) is 0. The number of carbonyl (C=O) groups is 1. The van der Waals surface area contributed by atoms with Crippen LogP contribution in [0.4, 0.5) is 0 Å². The van der Waals surface area contributed by atoms with Crippen LogP contribution >= 0.6 is 0 Å². The summed E-state index contributed by atoms with van der Waals surface area (Å²) in [6.45, 7) is 1.30. The van der Waals surface area contributed by atoms with E-state index in [1.807, 2.05) is 18.2 Å². The highest BCUT2D eigenvalue weighted by atomic mass is 16.4. The number of benzene rings is 2. The molecule has 0 saturated carbocycles. The van der Waals surface area contributed by atoms with Gasteiger partial charge in [-0.3, -0.25) is 4.79 Å². The van der Waals surface area contributed by atoms with Crippen LogP contribution in [0.25, 0.3) is 10.8 Å². The molecule has 1 saturated heterocycles. The van der Waals surface area contributed by atoms with Gasteiger partial charge >= 0.3 is 5.97 Å². The Morgan fingerprint density at radius 1 is 1.11 bits per heavy atom. The average Bonchev–Trinajstić information content (AvgIpc) is 2.87. The van der Waals surface area contributed by atoms with Crippen LogP contribution in [0.15, 0.2) is 42.5 Å². The Kier molecular flexibility index (Phi) is 2.76. The van der Waals surface area contributed by atoms with Gasteiger partial charge in [0.25, 0.3) is 0 Å². The number of rotatable bonds is 2. The minimum atomic E-state index is -0.710. The highest BCUT2D eigenvalue weighted by Gasteiger charge is 2.34. The first kappa shape index (κ1) is 11.2. The Morgan fingerprint density at radius 3 is 2.72 bits per heavy atom. The maximum Gasteiger partial charge on any atom is 0.308 e. The van der Waals surface area contributed by atoms with Gasteiger partial charge in [-0.2, -0.15) is 0 Å². The van der Waals surface area contributed by atoms with Crippen molar-refractivity contribution >= 4 is 16.7 Å². The standard InChI is InChI=1S/C15H15NO2/c17-15(18)14-9-16-8-13(14)12-7-3-5-10-4-1-2-6-11(10)12/h1-7,13-14,16H,8-9H2,(H,17,18). The summed E-state index contributed by atoms with van der Waals surface area (Å²) in [5.41, 5.74) is 1.14. The number of nitrogens with one attached hydrogen (secondary N) is 1. The molecular formula is C15H15NO2. The first-order valence-corrected chi connectivity index (χ1v) is 6.18. The second kappa shape index (κ2) is 4.42. The van der Waals surface area contributed by atoms with E-state index in [-0.39, 0.29) is 11.8 Å². The van der Waals surface area contributed by atoms with Crippen LogP contribution in [0.2, 0.25) is 0 Å². The number of fused-ring (bicyclic) bond motifs is 1. The van der Waals surface area contributed by atoms with Crippen molar-refractivity contribution < 1.29 is 9.90 Å². The lowest BCUT2D eigenvalue weighted by Gasteiger charge is -2.17. The smallest absolute Gasteiger partial charge is 0.308 e. The maximum atomic E-state index is 11.3. The molecule has 3 nitrogen and oxygen atoms in total. The summed E-state index contributed by atoms with van der Waals surface area (Å²) in [5.74, 6) is -0.970. The van der Waals surface area contributed by atoms with E-state index in [0.717, 1.165) is 12.1 Å². The van der Waals surface area contributed by atoms with Crippen molar-refractivity contribution in [1.29, 1.82) is 0 Å². The molecule has 92 valence electrons. The molecule has 3 heteroatoms. The number of hydrogen-bond donors (Lipinski definition) is 2. The van der Waals surface area contributed by atoms with Crippen LogP contribution in [-0.4, -0.2) is 24.2 Å². The quantitative estimate of drug-likeness (QED) is 0.847. The highest BCUT2D eigenvalue weighted by Crippen LogP contribution is 2.33. The van der Waals surface area contributed by atoms with E-state index in [2.05, 4.69) is 29.6 Å². The molecule has 3 rings (SSSR count). The predicted octanol–water partition coefficient (Wildman–Crippen LogP) is 2.23. The van der Waals surface area contributed by atoms with Crippen LogP contribution < -0.4 is 5.32 Å². The van der Waals surface area contributed by atoms with Crippen LogP contribution in [-0.2, 0) is 4.79 Å². The fraction of sp³-hybridized carbons (Fsp3) is 0.267. The molecule has 1 aliphatic rings. The van der Waals surface area contributed by atoms with Gasteiger partial charge in [-0.1, -0.05) is 42.5 Å². The zero-order chi connectivity index (χ0) is 12.5. The molecular weight excluding hydrogens is 226 g/mol. The first-order chi connectivity index (χ1) is 8.77. The fourth-order valence-corrected chi connectivity index (χ4v) is 2.84. The lowest BCUT2D eigenvalue weighted by Crippen LogP contribution is -2.21. The van der Waals surface area contributed by atoms with Crippen LogP contribution in [0.1, 0.15) is 11.5 Å².